The van der Waals surface area contributed by atoms with Gasteiger partial charge in [0.2, 0.25) is 0 Å². The summed E-state index contributed by atoms with van der Waals surface area (Å²) in [5.41, 5.74) is 1.01. The zero-order valence-corrected chi connectivity index (χ0v) is 18.0. The van der Waals surface area contributed by atoms with Crippen molar-refractivity contribution in [1.29, 1.82) is 0 Å². The standard InChI is InChI=1S/C21H19FN6O3S/c1-14-24-20(13-21(25-14)28-11-3-10-23-28)26-15-4-6-16(7-5-15)27-32(29,30)17-8-9-19(31-2)18(22)12-17/h3-13,27H,1-2H3,(H,24,25,26). The maximum absolute atomic E-state index is 13.9. The Kier molecular flexibility index (Phi) is 5.73. The molecule has 0 unspecified atom stereocenters. The van der Waals surface area contributed by atoms with Crippen molar-refractivity contribution in [3.8, 4) is 11.6 Å². The Bertz CT molecular complexity index is 1340. The maximum Gasteiger partial charge on any atom is 0.262 e. The van der Waals surface area contributed by atoms with Crippen LogP contribution < -0.4 is 14.8 Å². The summed E-state index contributed by atoms with van der Waals surface area (Å²) in [7, 11) is -2.66. The maximum atomic E-state index is 13.9. The van der Waals surface area contributed by atoms with Gasteiger partial charge in [0.25, 0.3) is 10.0 Å². The fraction of sp³-hybridized carbons (Fsp3) is 0.0952. The molecule has 32 heavy (non-hydrogen) atoms. The van der Waals surface area contributed by atoms with Crippen LogP contribution in [0.25, 0.3) is 5.82 Å². The van der Waals surface area contributed by atoms with Gasteiger partial charge in [0.05, 0.1) is 12.0 Å². The topological polar surface area (TPSA) is 111 Å². The Morgan fingerprint density at radius 2 is 1.78 bits per heavy atom. The fourth-order valence-electron chi connectivity index (χ4n) is 2.94. The number of benzene rings is 2. The van der Waals surface area contributed by atoms with E-state index in [4.69, 9.17) is 4.74 Å². The van der Waals surface area contributed by atoms with E-state index in [1.165, 1.54) is 19.2 Å². The number of methoxy groups -OCH3 is 1. The Morgan fingerprint density at radius 3 is 2.44 bits per heavy atom. The number of aromatic nitrogens is 4. The van der Waals surface area contributed by atoms with Crippen LogP contribution in [0.3, 0.4) is 0 Å². The predicted octanol–water partition coefficient (Wildman–Crippen LogP) is 3.66. The van der Waals surface area contributed by atoms with Crippen molar-refractivity contribution >= 4 is 27.2 Å². The molecule has 11 heteroatoms. The van der Waals surface area contributed by atoms with E-state index in [9.17, 15) is 12.8 Å². The van der Waals surface area contributed by atoms with Crippen LogP contribution in [-0.2, 0) is 10.0 Å². The van der Waals surface area contributed by atoms with Gasteiger partial charge < -0.3 is 10.1 Å². The van der Waals surface area contributed by atoms with Gasteiger partial charge in [0, 0.05) is 29.8 Å². The molecule has 2 N–H and O–H groups in total. The number of rotatable bonds is 7. The molecule has 0 saturated heterocycles. The molecule has 2 aromatic carbocycles. The van der Waals surface area contributed by atoms with E-state index in [1.807, 2.05) is 0 Å². The highest BCUT2D eigenvalue weighted by molar-refractivity contribution is 7.92. The monoisotopic (exact) mass is 454 g/mol. The van der Waals surface area contributed by atoms with Crippen molar-refractivity contribution in [1.82, 2.24) is 19.7 Å². The average Bonchev–Trinajstić information content (AvgIpc) is 3.29. The third kappa shape index (κ3) is 4.67. The van der Waals surface area contributed by atoms with Gasteiger partial charge in [0.1, 0.15) is 11.6 Å². The number of aryl methyl sites for hydroxylation is 1. The molecule has 164 valence electrons. The van der Waals surface area contributed by atoms with Crippen LogP contribution in [0.1, 0.15) is 5.82 Å². The first kappa shape index (κ1) is 21.2. The van der Waals surface area contributed by atoms with Gasteiger partial charge in [-0.05, 0) is 55.5 Å². The first-order valence-corrected chi connectivity index (χ1v) is 10.9. The van der Waals surface area contributed by atoms with E-state index in [1.54, 1.807) is 60.4 Å². The van der Waals surface area contributed by atoms with Gasteiger partial charge in [-0.3, -0.25) is 4.72 Å². The van der Waals surface area contributed by atoms with E-state index in [0.29, 0.717) is 28.8 Å². The first-order valence-electron chi connectivity index (χ1n) is 9.43. The van der Waals surface area contributed by atoms with Crippen LogP contribution in [0.15, 0.2) is 71.9 Å². The molecule has 0 amide bonds. The molecule has 0 fully saturated rings. The van der Waals surface area contributed by atoms with Crippen LogP contribution in [0.5, 0.6) is 5.75 Å². The highest BCUT2D eigenvalue weighted by Crippen LogP contribution is 2.24. The Labute approximate surface area is 184 Å². The van der Waals surface area contributed by atoms with Crippen molar-refractivity contribution in [2.24, 2.45) is 0 Å². The number of ether oxygens (including phenoxy) is 1. The normalized spacial score (nSPS) is 11.2. The van der Waals surface area contributed by atoms with Gasteiger partial charge >= 0.3 is 0 Å². The van der Waals surface area contributed by atoms with E-state index in [0.717, 1.165) is 6.07 Å². The predicted molar refractivity (Wildman–Crippen MR) is 117 cm³/mol. The lowest BCUT2D eigenvalue weighted by atomic mass is 10.3. The molecule has 2 heterocycles. The average molecular weight is 454 g/mol. The molecule has 0 aliphatic rings. The summed E-state index contributed by atoms with van der Waals surface area (Å²) in [6, 6.07) is 13.5. The zero-order chi connectivity index (χ0) is 22.7. The highest BCUT2D eigenvalue weighted by Gasteiger charge is 2.17. The molecule has 0 radical (unpaired) electrons. The summed E-state index contributed by atoms with van der Waals surface area (Å²) >= 11 is 0. The van der Waals surface area contributed by atoms with E-state index >= 15 is 0 Å². The van der Waals surface area contributed by atoms with Gasteiger partial charge in [-0.2, -0.15) is 5.10 Å². The molecule has 4 rings (SSSR count). The molecule has 0 aliphatic heterocycles. The summed E-state index contributed by atoms with van der Waals surface area (Å²) in [4.78, 5) is 8.51. The van der Waals surface area contributed by atoms with Crippen LogP contribution in [-0.4, -0.2) is 35.3 Å². The van der Waals surface area contributed by atoms with Crippen molar-refractivity contribution in [2.45, 2.75) is 11.8 Å². The van der Waals surface area contributed by atoms with Crippen LogP contribution >= 0.6 is 0 Å². The third-order valence-electron chi connectivity index (χ3n) is 4.41. The largest absolute Gasteiger partial charge is 0.494 e. The molecule has 0 spiro atoms. The SMILES string of the molecule is COc1ccc(S(=O)(=O)Nc2ccc(Nc3cc(-n4cccn4)nc(C)n3)cc2)cc1F. The van der Waals surface area contributed by atoms with Crippen molar-refractivity contribution in [3.05, 3.63) is 78.6 Å². The van der Waals surface area contributed by atoms with E-state index in [2.05, 4.69) is 25.1 Å². The molecule has 9 nitrogen and oxygen atoms in total. The minimum atomic E-state index is -3.97. The third-order valence-corrected chi connectivity index (χ3v) is 5.79. The lowest BCUT2D eigenvalue weighted by molar-refractivity contribution is 0.385. The second-order valence-corrected chi connectivity index (χ2v) is 8.40. The second kappa shape index (κ2) is 8.63. The number of halogens is 1. The summed E-state index contributed by atoms with van der Waals surface area (Å²) in [6.07, 6.45) is 3.44. The molecule has 0 saturated carbocycles. The van der Waals surface area contributed by atoms with Crippen molar-refractivity contribution < 1.29 is 17.5 Å². The highest BCUT2D eigenvalue weighted by atomic mass is 32.2. The molecule has 0 atom stereocenters. The lowest BCUT2D eigenvalue weighted by Crippen LogP contribution is -2.13. The van der Waals surface area contributed by atoms with Gasteiger partial charge in [-0.1, -0.05) is 0 Å². The number of anilines is 3. The molecule has 0 bridgehead atoms. The summed E-state index contributed by atoms with van der Waals surface area (Å²) in [6.45, 7) is 1.78. The van der Waals surface area contributed by atoms with Crippen molar-refractivity contribution in [2.75, 3.05) is 17.1 Å². The van der Waals surface area contributed by atoms with E-state index < -0.39 is 15.8 Å². The molecule has 4 aromatic rings. The van der Waals surface area contributed by atoms with Gasteiger partial charge in [-0.15, -0.1) is 0 Å². The Hall–Kier alpha value is -3.99. The quantitative estimate of drug-likeness (QED) is 0.438. The number of hydrogen-bond acceptors (Lipinski definition) is 7. The fourth-order valence-corrected chi connectivity index (χ4v) is 4.01. The smallest absolute Gasteiger partial charge is 0.262 e. The Morgan fingerprint density at radius 1 is 1.03 bits per heavy atom. The molecule has 2 aromatic heterocycles. The zero-order valence-electron chi connectivity index (χ0n) is 17.2. The number of hydrogen-bond donors (Lipinski definition) is 2. The van der Waals surface area contributed by atoms with E-state index in [-0.39, 0.29) is 10.6 Å². The summed E-state index contributed by atoms with van der Waals surface area (Å²) in [5.74, 6) is 0.947. The van der Waals surface area contributed by atoms with Gasteiger partial charge in [0.15, 0.2) is 17.4 Å². The second-order valence-electron chi connectivity index (χ2n) is 6.71. The molecular weight excluding hydrogens is 435 g/mol. The number of sulfonamides is 1. The van der Waals surface area contributed by atoms with Crippen LogP contribution in [0.4, 0.5) is 21.6 Å². The number of nitrogens with one attached hydrogen (secondary N) is 2. The van der Waals surface area contributed by atoms with Crippen molar-refractivity contribution in [3.63, 3.8) is 0 Å². The van der Waals surface area contributed by atoms with Gasteiger partial charge in [-0.25, -0.2) is 27.5 Å². The van der Waals surface area contributed by atoms with Crippen LogP contribution in [0.2, 0.25) is 0 Å². The molecular formula is C21H19FN6O3S. The minimum absolute atomic E-state index is 0.0324. The number of nitrogens with zero attached hydrogens (tertiary/aromatic N) is 4. The summed E-state index contributed by atoms with van der Waals surface area (Å²) < 4.78 is 47.9. The lowest BCUT2D eigenvalue weighted by Gasteiger charge is -2.11. The molecule has 0 aliphatic carbocycles. The minimum Gasteiger partial charge on any atom is -0.494 e. The first-order chi connectivity index (χ1) is 15.3. The Balaban J connectivity index is 1.50. The van der Waals surface area contributed by atoms with Crippen LogP contribution in [0, 0.1) is 12.7 Å². The summed E-state index contributed by atoms with van der Waals surface area (Å²) in [5, 5.41) is 7.32.